The fourth-order valence-electron chi connectivity index (χ4n) is 3.39. The van der Waals surface area contributed by atoms with Crippen LogP contribution in [0.3, 0.4) is 0 Å². The molecule has 1 N–H and O–H groups in total. The smallest absolute Gasteiger partial charge is 0.203 e. The Bertz CT molecular complexity index is 840. The summed E-state index contributed by atoms with van der Waals surface area (Å²) < 4.78 is 16.2. The Labute approximate surface area is 184 Å². The summed E-state index contributed by atoms with van der Waals surface area (Å²) in [4.78, 5) is 4.62. The Kier molecular flexibility index (Phi) is 7.93. The Morgan fingerprint density at radius 1 is 0.967 bits per heavy atom. The largest absolute Gasteiger partial charge is 0.493 e. The highest BCUT2D eigenvalue weighted by atomic mass is 32.1. The third-order valence-corrected chi connectivity index (χ3v) is 5.41. The van der Waals surface area contributed by atoms with E-state index in [2.05, 4.69) is 51.5 Å². The van der Waals surface area contributed by atoms with Gasteiger partial charge in [0.05, 0.1) is 21.3 Å². The van der Waals surface area contributed by atoms with E-state index in [0.717, 1.165) is 38.4 Å². The van der Waals surface area contributed by atoms with Gasteiger partial charge in [0, 0.05) is 50.5 Å². The summed E-state index contributed by atoms with van der Waals surface area (Å²) in [6.45, 7) is 4.65. The van der Waals surface area contributed by atoms with Crippen LogP contribution in [0.1, 0.15) is 5.56 Å². The van der Waals surface area contributed by atoms with E-state index >= 15 is 0 Å². The van der Waals surface area contributed by atoms with Crippen molar-refractivity contribution in [1.82, 2.24) is 9.80 Å². The van der Waals surface area contributed by atoms with Gasteiger partial charge < -0.3 is 24.4 Å². The van der Waals surface area contributed by atoms with Gasteiger partial charge in [-0.1, -0.05) is 42.5 Å². The monoisotopic (exact) mass is 427 g/mol. The van der Waals surface area contributed by atoms with E-state index in [-0.39, 0.29) is 0 Å². The number of nitrogens with zero attached hydrogens (tertiary/aromatic N) is 2. The molecule has 0 radical (unpaired) electrons. The number of ether oxygens (including phenoxy) is 3. The molecule has 0 spiro atoms. The fourth-order valence-corrected chi connectivity index (χ4v) is 3.69. The molecule has 1 aliphatic rings. The third kappa shape index (κ3) is 5.64. The van der Waals surface area contributed by atoms with E-state index in [1.807, 2.05) is 18.2 Å². The molecule has 7 heteroatoms. The van der Waals surface area contributed by atoms with Gasteiger partial charge in [0.15, 0.2) is 16.6 Å². The van der Waals surface area contributed by atoms with Crippen LogP contribution in [0.2, 0.25) is 0 Å². The van der Waals surface area contributed by atoms with Crippen molar-refractivity contribution < 1.29 is 14.2 Å². The van der Waals surface area contributed by atoms with Gasteiger partial charge in [-0.25, -0.2) is 0 Å². The van der Waals surface area contributed by atoms with Gasteiger partial charge in [-0.3, -0.25) is 4.90 Å². The molecule has 1 saturated heterocycles. The summed E-state index contributed by atoms with van der Waals surface area (Å²) in [6, 6.07) is 14.1. The summed E-state index contributed by atoms with van der Waals surface area (Å²) in [5.74, 6) is 1.75. The number of piperazine rings is 1. The molecule has 1 aliphatic heterocycles. The van der Waals surface area contributed by atoms with Crippen LogP contribution in [-0.2, 0) is 0 Å². The molecule has 0 aromatic heterocycles. The minimum absolute atomic E-state index is 0.564. The molecule has 0 amide bonds. The lowest BCUT2D eigenvalue weighted by Gasteiger charge is -2.35. The average Bonchev–Trinajstić information content (AvgIpc) is 2.79. The number of methoxy groups -OCH3 is 3. The second-order valence-electron chi connectivity index (χ2n) is 6.94. The van der Waals surface area contributed by atoms with Crippen LogP contribution in [0.5, 0.6) is 17.2 Å². The Morgan fingerprint density at radius 2 is 1.60 bits per heavy atom. The summed E-state index contributed by atoms with van der Waals surface area (Å²) in [7, 11) is 4.79. The predicted molar refractivity (Wildman–Crippen MR) is 126 cm³/mol. The first-order valence-corrected chi connectivity index (χ1v) is 10.3. The van der Waals surface area contributed by atoms with Gasteiger partial charge >= 0.3 is 0 Å². The molecule has 2 aromatic rings. The molecule has 1 fully saturated rings. The van der Waals surface area contributed by atoms with E-state index in [1.54, 1.807) is 21.3 Å². The topological polar surface area (TPSA) is 46.2 Å². The van der Waals surface area contributed by atoms with Crippen molar-refractivity contribution in [2.24, 2.45) is 0 Å². The van der Waals surface area contributed by atoms with Crippen LogP contribution in [-0.4, -0.2) is 69.0 Å². The standard InChI is InChI=1S/C23H29N3O3S/c1-27-20-16-19(17-21(28-2)22(20)29-3)24-23(30)26-14-12-25(13-15-26)11-7-10-18-8-5-4-6-9-18/h4-10,16-17H,11-15H2,1-3H3,(H,24,30)/b10-7+. The van der Waals surface area contributed by atoms with Gasteiger partial charge in [-0.2, -0.15) is 0 Å². The molecule has 2 aromatic carbocycles. The molecule has 0 unspecified atom stereocenters. The van der Waals surface area contributed by atoms with Crippen LogP contribution < -0.4 is 19.5 Å². The summed E-state index contributed by atoms with van der Waals surface area (Å²) in [5, 5.41) is 4.00. The molecule has 3 rings (SSSR count). The fraction of sp³-hybridized carbons (Fsp3) is 0.348. The Hall–Kier alpha value is -2.77. The molecule has 0 saturated carbocycles. The van der Waals surface area contributed by atoms with E-state index in [0.29, 0.717) is 22.4 Å². The van der Waals surface area contributed by atoms with Gasteiger partial charge in [0.2, 0.25) is 5.75 Å². The first-order chi connectivity index (χ1) is 14.6. The predicted octanol–water partition coefficient (Wildman–Crippen LogP) is 3.74. The summed E-state index contributed by atoms with van der Waals surface area (Å²) in [6.07, 6.45) is 4.39. The highest BCUT2D eigenvalue weighted by molar-refractivity contribution is 7.80. The number of hydrogen-bond acceptors (Lipinski definition) is 5. The van der Waals surface area contributed by atoms with Gasteiger partial charge in [-0.15, -0.1) is 0 Å². The molecular formula is C23H29N3O3S. The van der Waals surface area contributed by atoms with E-state index < -0.39 is 0 Å². The maximum Gasteiger partial charge on any atom is 0.203 e. The Morgan fingerprint density at radius 3 is 2.17 bits per heavy atom. The van der Waals surface area contributed by atoms with Crippen LogP contribution in [0.15, 0.2) is 48.5 Å². The van der Waals surface area contributed by atoms with Crippen molar-refractivity contribution in [2.45, 2.75) is 0 Å². The van der Waals surface area contributed by atoms with Gasteiger partial charge in [-0.05, 0) is 17.8 Å². The van der Waals surface area contributed by atoms with E-state index in [4.69, 9.17) is 26.4 Å². The summed E-state index contributed by atoms with van der Waals surface area (Å²) in [5.41, 5.74) is 2.04. The lowest BCUT2D eigenvalue weighted by molar-refractivity contribution is 0.200. The Balaban J connectivity index is 1.52. The molecule has 0 aliphatic carbocycles. The molecule has 160 valence electrons. The zero-order valence-electron chi connectivity index (χ0n) is 17.8. The maximum absolute atomic E-state index is 5.64. The number of benzene rings is 2. The zero-order chi connectivity index (χ0) is 21.3. The van der Waals surface area contributed by atoms with Crippen molar-refractivity contribution in [3.05, 3.63) is 54.1 Å². The van der Waals surface area contributed by atoms with Crippen LogP contribution >= 0.6 is 12.2 Å². The SMILES string of the molecule is COc1cc(NC(=S)N2CCN(C/C=C/c3ccccc3)CC2)cc(OC)c1OC. The van der Waals surface area contributed by atoms with Gasteiger partial charge in [0.1, 0.15) is 0 Å². The minimum atomic E-state index is 0.564. The lowest BCUT2D eigenvalue weighted by atomic mass is 10.2. The first-order valence-electron chi connectivity index (χ1n) is 9.94. The molecule has 30 heavy (non-hydrogen) atoms. The number of rotatable bonds is 7. The lowest BCUT2D eigenvalue weighted by Crippen LogP contribution is -2.49. The highest BCUT2D eigenvalue weighted by Crippen LogP contribution is 2.40. The van der Waals surface area contributed by atoms with Crippen LogP contribution in [0, 0.1) is 0 Å². The van der Waals surface area contributed by atoms with Crippen molar-refractivity contribution in [3.63, 3.8) is 0 Å². The van der Waals surface area contributed by atoms with E-state index in [1.165, 1.54) is 5.56 Å². The average molecular weight is 428 g/mol. The highest BCUT2D eigenvalue weighted by Gasteiger charge is 2.19. The molecule has 1 heterocycles. The second kappa shape index (κ2) is 10.8. The molecule has 0 atom stereocenters. The summed E-state index contributed by atoms with van der Waals surface area (Å²) >= 11 is 5.64. The normalized spacial score (nSPS) is 14.6. The second-order valence-corrected chi connectivity index (χ2v) is 7.33. The number of nitrogens with one attached hydrogen (secondary N) is 1. The van der Waals surface area contributed by atoms with Crippen LogP contribution in [0.25, 0.3) is 6.08 Å². The number of hydrogen-bond donors (Lipinski definition) is 1. The van der Waals surface area contributed by atoms with E-state index in [9.17, 15) is 0 Å². The van der Waals surface area contributed by atoms with Crippen LogP contribution in [0.4, 0.5) is 5.69 Å². The van der Waals surface area contributed by atoms with Crippen molar-refractivity contribution >= 4 is 29.1 Å². The molecule has 0 bridgehead atoms. The molecule has 6 nitrogen and oxygen atoms in total. The zero-order valence-corrected chi connectivity index (χ0v) is 18.6. The number of thiocarbonyl (C=S) groups is 1. The van der Waals surface area contributed by atoms with Crippen molar-refractivity contribution in [1.29, 1.82) is 0 Å². The first kappa shape index (κ1) is 21.9. The number of anilines is 1. The quantitative estimate of drug-likeness (QED) is 0.676. The van der Waals surface area contributed by atoms with Crippen molar-refractivity contribution in [2.75, 3.05) is 59.4 Å². The minimum Gasteiger partial charge on any atom is -0.493 e. The molecular weight excluding hydrogens is 398 g/mol. The maximum atomic E-state index is 5.64. The van der Waals surface area contributed by atoms with Crippen molar-refractivity contribution in [3.8, 4) is 17.2 Å². The van der Waals surface area contributed by atoms with Gasteiger partial charge in [0.25, 0.3) is 0 Å². The third-order valence-electron chi connectivity index (χ3n) is 5.05.